The zero-order valence-electron chi connectivity index (χ0n) is 19.3. The van der Waals surface area contributed by atoms with Crippen LogP contribution in [-0.4, -0.2) is 43.7 Å². The van der Waals surface area contributed by atoms with Crippen LogP contribution in [0.5, 0.6) is 5.75 Å². The summed E-state index contributed by atoms with van der Waals surface area (Å²) in [5.74, 6) is 2.07. The standard InChI is InChI=1S/C27H37N3O2/c1-32-25-12-7-11-24(19-25)28-27(31)29-26-13-6-5-10-23(26)20-30-16-14-22(15-17-30)18-21-8-3-2-4-9-21/h2-4,7-9,11-12,19,22-23,26H,5-6,10,13-18,20H2,1H3,(H2,28,29,31)/t23-,26+/m0/s1. The minimum absolute atomic E-state index is 0.114. The Bertz CT molecular complexity index is 849. The molecule has 2 aromatic rings. The van der Waals surface area contributed by atoms with E-state index in [0.717, 1.165) is 30.3 Å². The van der Waals surface area contributed by atoms with Gasteiger partial charge in [0.2, 0.25) is 0 Å². The number of piperidine rings is 1. The Balaban J connectivity index is 1.25. The van der Waals surface area contributed by atoms with E-state index in [0.29, 0.717) is 5.92 Å². The highest BCUT2D eigenvalue weighted by Gasteiger charge is 2.29. The Morgan fingerprint density at radius 1 is 1.00 bits per heavy atom. The average Bonchev–Trinajstić information content (AvgIpc) is 2.82. The number of nitrogens with one attached hydrogen (secondary N) is 2. The SMILES string of the molecule is COc1cccc(NC(=O)N[C@@H]2CCCC[C@H]2CN2CCC(Cc3ccccc3)CC2)c1. The summed E-state index contributed by atoms with van der Waals surface area (Å²) in [4.78, 5) is 15.3. The van der Waals surface area contributed by atoms with E-state index in [-0.39, 0.29) is 12.1 Å². The maximum Gasteiger partial charge on any atom is 0.319 e. The average molecular weight is 436 g/mol. The van der Waals surface area contributed by atoms with E-state index >= 15 is 0 Å². The lowest BCUT2D eigenvalue weighted by Gasteiger charge is -2.39. The fourth-order valence-electron chi connectivity index (χ4n) is 5.30. The van der Waals surface area contributed by atoms with Gasteiger partial charge in [-0.05, 0) is 74.7 Å². The summed E-state index contributed by atoms with van der Waals surface area (Å²) in [5, 5.41) is 6.24. The number of carbonyl (C=O) groups is 1. The van der Waals surface area contributed by atoms with Crippen molar-refractivity contribution < 1.29 is 9.53 Å². The number of urea groups is 1. The van der Waals surface area contributed by atoms with Gasteiger partial charge in [-0.15, -0.1) is 0 Å². The van der Waals surface area contributed by atoms with Crippen molar-refractivity contribution in [2.24, 2.45) is 11.8 Å². The number of nitrogens with zero attached hydrogens (tertiary/aromatic N) is 1. The molecule has 1 aliphatic carbocycles. The second-order valence-corrected chi connectivity index (χ2v) is 9.42. The monoisotopic (exact) mass is 435 g/mol. The van der Waals surface area contributed by atoms with Crippen LogP contribution in [0.4, 0.5) is 10.5 Å². The molecule has 5 nitrogen and oxygen atoms in total. The summed E-state index contributed by atoms with van der Waals surface area (Å²) in [7, 11) is 1.64. The second-order valence-electron chi connectivity index (χ2n) is 9.42. The predicted octanol–water partition coefficient (Wildman–Crippen LogP) is 5.33. The second kappa shape index (κ2) is 11.4. The number of benzene rings is 2. The first kappa shape index (κ1) is 22.7. The predicted molar refractivity (Wildman–Crippen MR) is 130 cm³/mol. The summed E-state index contributed by atoms with van der Waals surface area (Å²) in [6.45, 7) is 3.45. The molecule has 172 valence electrons. The van der Waals surface area contributed by atoms with E-state index in [1.54, 1.807) is 7.11 Å². The van der Waals surface area contributed by atoms with Crippen molar-refractivity contribution in [1.82, 2.24) is 10.2 Å². The maximum atomic E-state index is 12.7. The van der Waals surface area contributed by atoms with Crippen LogP contribution >= 0.6 is 0 Å². The Labute approximate surface area is 192 Å². The van der Waals surface area contributed by atoms with E-state index in [9.17, 15) is 4.79 Å². The number of amides is 2. The van der Waals surface area contributed by atoms with Crippen molar-refractivity contribution >= 4 is 11.7 Å². The van der Waals surface area contributed by atoms with Gasteiger partial charge in [0.15, 0.2) is 0 Å². The normalized spacial score (nSPS) is 22.3. The Kier molecular flexibility index (Phi) is 8.05. The molecule has 4 rings (SSSR count). The van der Waals surface area contributed by atoms with Crippen LogP contribution in [0.15, 0.2) is 54.6 Å². The molecule has 1 saturated heterocycles. The third kappa shape index (κ3) is 6.49. The number of rotatable bonds is 7. The molecule has 0 aromatic heterocycles. The highest BCUT2D eigenvalue weighted by Crippen LogP contribution is 2.28. The molecule has 2 amide bonds. The van der Waals surface area contributed by atoms with Crippen LogP contribution in [0.1, 0.15) is 44.1 Å². The molecule has 2 aromatic carbocycles. The molecule has 1 saturated carbocycles. The third-order valence-electron chi connectivity index (χ3n) is 7.12. The molecule has 1 heterocycles. The van der Waals surface area contributed by atoms with Crippen molar-refractivity contribution in [2.45, 2.75) is 51.0 Å². The fraction of sp³-hybridized carbons (Fsp3) is 0.519. The lowest BCUT2D eigenvalue weighted by Crippen LogP contribution is -2.48. The van der Waals surface area contributed by atoms with Crippen molar-refractivity contribution in [3.63, 3.8) is 0 Å². The summed E-state index contributed by atoms with van der Waals surface area (Å²) < 4.78 is 5.25. The van der Waals surface area contributed by atoms with Gasteiger partial charge in [0.1, 0.15) is 5.75 Å². The smallest absolute Gasteiger partial charge is 0.319 e. The van der Waals surface area contributed by atoms with Crippen molar-refractivity contribution in [2.75, 3.05) is 32.1 Å². The topological polar surface area (TPSA) is 53.6 Å². The molecule has 0 unspecified atom stereocenters. The van der Waals surface area contributed by atoms with Gasteiger partial charge in [-0.2, -0.15) is 0 Å². The van der Waals surface area contributed by atoms with Crippen molar-refractivity contribution in [3.8, 4) is 5.75 Å². The number of anilines is 1. The van der Waals surface area contributed by atoms with Gasteiger partial charge < -0.3 is 20.3 Å². The molecule has 2 atom stereocenters. The fourth-order valence-corrected chi connectivity index (χ4v) is 5.30. The molecule has 1 aliphatic heterocycles. The van der Waals surface area contributed by atoms with E-state index in [1.807, 2.05) is 24.3 Å². The molecule has 5 heteroatoms. The van der Waals surface area contributed by atoms with Crippen molar-refractivity contribution in [3.05, 3.63) is 60.2 Å². The van der Waals surface area contributed by atoms with Crippen LogP contribution in [-0.2, 0) is 6.42 Å². The highest BCUT2D eigenvalue weighted by molar-refractivity contribution is 5.89. The largest absolute Gasteiger partial charge is 0.497 e. The molecule has 0 bridgehead atoms. The van der Waals surface area contributed by atoms with Gasteiger partial charge in [0, 0.05) is 24.3 Å². The molecule has 32 heavy (non-hydrogen) atoms. The van der Waals surface area contributed by atoms with Gasteiger partial charge in [0.05, 0.1) is 7.11 Å². The van der Waals surface area contributed by atoms with Crippen molar-refractivity contribution in [1.29, 1.82) is 0 Å². The van der Waals surface area contributed by atoms with Gasteiger partial charge in [0.25, 0.3) is 0 Å². The molecule has 0 radical (unpaired) electrons. The minimum Gasteiger partial charge on any atom is -0.497 e. The first-order valence-electron chi connectivity index (χ1n) is 12.2. The first-order valence-corrected chi connectivity index (χ1v) is 12.2. The minimum atomic E-state index is -0.114. The lowest BCUT2D eigenvalue weighted by molar-refractivity contribution is 0.130. The maximum absolute atomic E-state index is 12.7. The number of methoxy groups -OCH3 is 1. The number of hydrogen-bond acceptors (Lipinski definition) is 3. The summed E-state index contributed by atoms with van der Waals surface area (Å²) in [5.41, 5.74) is 2.22. The van der Waals surface area contributed by atoms with Crippen LogP contribution in [0.3, 0.4) is 0 Å². The van der Waals surface area contributed by atoms with Crippen LogP contribution in [0.25, 0.3) is 0 Å². The first-order chi connectivity index (χ1) is 15.7. The number of likely N-dealkylation sites (tertiary alicyclic amines) is 1. The van der Waals surface area contributed by atoms with E-state index in [2.05, 4.69) is 45.9 Å². The van der Waals surface area contributed by atoms with Gasteiger partial charge >= 0.3 is 6.03 Å². The van der Waals surface area contributed by atoms with Crippen LogP contribution in [0, 0.1) is 11.8 Å². The summed E-state index contributed by atoms with van der Waals surface area (Å²) in [6, 6.07) is 18.5. The molecular weight excluding hydrogens is 398 g/mol. The Hall–Kier alpha value is -2.53. The lowest BCUT2D eigenvalue weighted by atomic mass is 9.83. The number of carbonyl (C=O) groups excluding carboxylic acids is 1. The Morgan fingerprint density at radius 2 is 1.78 bits per heavy atom. The van der Waals surface area contributed by atoms with Gasteiger partial charge in [-0.25, -0.2) is 4.79 Å². The quantitative estimate of drug-likeness (QED) is 0.618. The molecule has 2 fully saturated rings. The summed E-state index contributed by atoms with van der Waals surface area (Å²) >= 11 is 0. The van der Waals surface area contributed by atoms with E-state index in [4.69, 9.17) is 4.74 Å². The number of ether oxygens (including phenoxy) is 1. The van der Waals surface area contributed by atoms with Gasteiger partial charge in [-0.1, -0.05) is 49.2 Å². The molecule has 2 N–H and O–H groups in total. The third-order valence-corrected chi connectivity index (χ3v) is 7.12. The Morgan fingerprint density at radius 3 is 2.56 bits per heavy atom. The molecular formula is C27H37N3O2. The highest BCUT2D eigenvalue weighted by atomic mass is 16.5. The number of hydrogen-bond donors (Lipinski definition) is 2. The summed E-state index contributed by atoms with van der Waals surface area (Å²) in [6.07, 6.45) is 8.48. The van der Waals surface area contributed by atoms with E-state index < -0.39 is 0 Å². The zero-order chi connectivity index (χ0) is 22.2. The molecule has 2 aliphatic rings. The van der Waals surface area contributed by atoms with E-state index in [1.165, 1.54) is 57.2 Å². The molecule has 0 spiro atoms. The van der Waals surface area contributed by atoms with Gasteiger partial charge in [-0.3, -0.25) is 0 Å². The van der Waals surface area contributed by atoms with Crippen LogP contribution < -0.4 is 15.4 Å². The zero-order valence-corrected chi connectivity index (χ0v) is 19.3. The van der Waals surface area contributed by atoms with Crippen LogP contribution in [0.2, 0.25) is 0 Å².